The van der Waals surface area contributed by atoms with Gasteiger partial charge in [0.2, 0.25) is 5.91 Å². The molecule has 0 spiro atoms. The summed E-state index contributed by atoms with van der Waals surface area (Å²) >= 11 is 0. The molecule has 19 heavy (non-hydrogen) atoms. The van der Waals surface area contributed by atoms with E-state index in [1.807, 2.05) is 17.0 Å². The van der Waals surface area contributed by atoms with Gasteiger partial charge in [-0.15, -0.1) is 0 Å². The Morgan fingerprint density at radius 1 is 1.16 bits per heavy atom. The number of hydrogen-bond acceptors (Lipinski definition) is 3. The molecule has 0 atom stereocenters. The van der Waals surface area contributed by atoms with Gasteiger partial charge in [-0.25, -0.2) is 0 Å². The Kier molecular flexibility index (Phi) is 4.47. The highest BCUT2D eigenvalue weighted by molar-refractivity contribution is 5.94. The van der Waals surface area contributed by atoms with Crippen molar-refractivity contribution in [1.29, 1.82) is 0 Å². The minimum absolute atomic E-state index is 0.0390. The smallest absolute Gasteiger partial charge is 0.246 e. The summed E-state index contributed by atoms with van der Waals surface area (Å²) in [5, 5.41) is 3.21. The van der Waals surface area contributed by atoms with Crippen LogP contribution in [0.4, 0.5) is 0 Å². The lowest BCUT2D eigenvalue weighted by atomic mass is 10.1. The van der Waals surface area contributed by atoms with Crippen molar-refractivity contribution in [2.75, 3.05) is 26.2 Å². The first-order valence-electron chi connectivity index (χ1n) is 6.45. The van der Waals surface area contributed by atoms with Gasteiger partial charge >= 0.3 is 0 Å². The molecule has 0 unspecified atom stereocenters. The first kappa shape index (κ1) is 13.5. The standard InChI is InChI=1S/C15H18N2O2/c1-12(18)14-5-2-13(3-6-14)4-7-15(19)17-10-8-16-9-11-17/h2-7,16H,8-11H2,1H3/b7-4+. The molecular weight excluding hydrogens is 240 g/mol. The Hall–Kier alpha value is -1.94. The summed E-state index contributed by atoms with van der Waals surface area (Å²) in [7, 11) is 0. The SMILES string of the molecule is CC(=O)c1ccc(/C=C/C(=O)N2CCNCC2)cc1. The highest BCUT2D eigenvalue weighted by Crippen LogP contribution is 2.07. The van der Waals surface area contributed by atoms with Gasteiger partial charge in [0, 0.05) is 37.8 Å². The maximum Gasteiger partial charge on any atom is 0.246 e. The van der Waals surface area contributed by atoms with Crippen LogP contribution in [0.1, 0.15) is 22.8 Å². The number of carbonyl (C=O) groups is 2. The molecule has 0 saturated carbocycles. The Labute approximate surface area is 113 Å². The Balaban J connectivity index is 1.97. The number of carbonyl (C=O) groups excluding carboxylic acids is 2. The van der Waals surface area contributed by atoms with E-state index in [9.17, 15) is 9.59 Å². The van der Waals surface area contributed by atoms with Crippen molar-refractivity contribution in [3.63, 3.8) is 0 Å². The number of Topliss-reactive ketones (excluding diaryl/α,β-unsaturated/α-hetero) is 1. The predicted octanol–water partition coefficient (Wildman–Crippen LogP) is 1.33. The van der Waals surface area contributed by atoms with E-state index < -0.39 is 0 Å². The van der Waals surface area contributed by atoms with Gasteiger partial charge in [-0.2, -0.15) is 0 Å². The summed E-state index contributed by atoms with van der Waals surface area (Å²) in [6.07, 6.45) is 3.38. The van der Waals surface area contributed by atoms with Crippen molar-refractivity contribution in [2.45, 2.75) is 6.92 Å². The molecule has 1 aliphatic rings. The molecule has 2 rings (SSSR count). The van der Waals surface area contributed by atoms with Crippen LogP contribution in [0, 0.1) is 0 Å². The third-order valence-corrected chi connectivity index (χ3v) is 3.16. The fraction of sp³-hybridized carbons (Fsp3) is 0.333. The molecule has 1 fully saturated rings. The van der Waals surface area contributed by atoms with Gasteiger partial charge in [0.05, 0.1) is 0 Å². The normalized spacial score (nSPS) is 15.7. The summed E-state index contributed by atoms with van der Waals surface area (Å²) in [6, 6.07) is 7.24. The van der Waals surface area contributed by atoms with Gasteiger partial charge in [0.15, 0.2) is 5.78 Å². The summed E-state index contributed by atoms with van der Waals surface area (Å²) in [4.78, 5) is 24.9. The molecule has 0 aromatic heterocycles. The molecule has 1 saturated heterocycles. The molecule has 0 radical (unpaired) electrons. The lowest BCUT2D eigenvalue weighted by molar-refractivity contribution is -0.126. The zero-order valence-electron chi connectivity index (χ0n) is 11.1. The van der Waals surface area contributed by atoms with E-state index >= 15 is 0 Å². The predicted molar refractivity (Wildman–Crippen MR) is 74.9 cm³/mol. The van der Waals surface area contributed by atoms with Crippen LogP contribution in [-0.2, 0) is 4.79 Å². The fourth-order valence-corrected chi connectivity index (χ4v) is 1.99. The van der Waals surface area contributed by atoms with Crippen LogP contribution in [0.15, 0.2) is 30.3 Å². The number of hydrogen-bond donors (Lipinski definition) is 1. The number of piperazine rings is 1. The summed E-state index contributed by atoms with van der Waals surface area (Å²) in [5.74, 6) is 0.0876. The highest BCUT2D eigenvalue weighted by Gasteiger charge is 2.12. The topological polar surface area (TPSA) is 49.4 Å². The third kappa shape index (κ3) is 3.76. The second-order valence-corrected chi connectivity index (χ2v) is 4.59. The van der Waals surface area contributed by atoms with Crippen LogP contribution in [0.25, 0.3) is 6.08 Å². The van der Waals surface area contributed by atoms with E-state index in [1.165, 1.54) is 0 Å². The molecule has 1 amide bonds. The van der Waals surface area contributed by atoms with Crippen LogP contribution >= 0.6 is 0 Å². The molecule has 0 aliphatic carbocycles. The van der Waals surface area contributed by atoms with Gasteiger partial charge in [0.25, 0.3) is 0 Å². The van der Waals surface area contributed by atoms with E-state index in [0.717, 1.165) is 31.7 Å². The molecule has 0 bridgehead atoms. The van der Waals surface area contributed by atoms with E-state index in [2.05, 4.69) is 5.32 Å². The van der Waals surface area contributed by atoms with Crippen molar-refractivity contribution >= 4 is 17.8 Å². The molecule has 1 aromatic carbocycles. The van der Waals surface area contributed by atoms with Crippen LogP contribution < -0.4 is 5.32 Å². The molecule has 1 N–H and O–H groups in total. The van der Waals surface area contributed by atoms with Crippen molar-refractivity contribution in [3.05, 3.63) is 41.5 Å². The Morgan fingerprint density at radius 2 is 1.79 bits per heavy atom. The van der Waals surface area contributed by atoms with Gasteiger partial charge in [-0.3, -0.25) is 9.59 Å². The van der Waals surface area contributed by atoms with Gasteiger partial charge in [0.1, 0.15) is 0 Å². The lowest BCUT2D eigenvalue weighted by Gasteiger charge is -2.26. The number of amides is 1. The molecule has 4 heteroatoms. The Morgan fingerprint density at radius 3 is 2.37 bits per heavy atom. The number of rotatable bonds is 3. The molecule has 1 aromatic rings. The number of benzene rings is 1. The van der Waals surface area contributed by atoms with Gasteiger partial charge in [-0.05, 0) is 18.6 Å². The summed E-state index contributed by atoms with van der Waals surface area (Å²) in [5.41, 5.74) is 1.61. The van der Waals surface area contributed by atoms with E-state index in [1.54, 1.807) is 31.2 Å². The monoisotopic (exact) mass is 258 g/mol. The molecule has 4 nitrogen and oxygen atoms in total. The number of ketones is 1. The van der Waals surface area contributed by atoms with Crippen molar-refractivity contribution in [3.8, 4) is 0 Å². The van der Waals surface area contributed by atoms with Crippen LogP contribution in [-0.4, -0.2) is 42.8 Å². The van der Waals surface area contributed by atoms with Crippen LogP contribution in [0.2, 0.25) is 0 Å². The maximum absolute atomic E-state index is 11.9. The van der Waals surface area contributed by atoms with Crippen molar-refractivity contribution < 1.29 is 9.59 Å². The average molecular weight is 258 g/mol. The largest absolute Gasteiger partial charge is 0.337 e. The minimum atomic E-state index is 0.0390. The maximum atomic E-state index is 11.9. The van der Waals surface area contributed by atoms with E-state index in [4.69, 9.17) is 0 Å². The average Bonchev–Trinajstić information content (AvgIpc) is 2.46. The lowest BCUT2D eigenvalue weighted by Crippen LogP contribution is -2.45. The zero-order chi connectivity index (χ0) is 13.7. The molecule has 1 aliphatic heterocycles. The minimum Gasteiger partial charge on any atom is -0.337 e. The van der Waals surface area contributed by atoms with Crippen molar-refractivity contribution in [2.24, 2.45) is 0 Å². The van der Waals surface area contributed by atoms with Gasteiger partial charge in [-0.1, -0.05) is 24.3 Å². The first-order chi connectivity index (χ1) is 9.16. The molecular formula is C15H18N2O2. The number of nitrogens with one attached hydrogen (secondary N) is 1. The van der Waals surface area contributed by atoms with E-state index in [-0.39, 0.29) is 11.7 Å². The van der Waals surface area contributed by atoms with Crippen LogP contribution in [0.3, 0.4) is 0 Å². The summed E-state index contributed by atoms with van der Waals surface area (Å²) in [6.45, 7) is 4.76. The van der Waals surface area contributed by atoms with Crippen molar-refractivity contribution in [1.82, 2.24) is 10.2 Å². The second kappa shape index (κ2) is 6.29. The zero-order valence-corrected chi connectivity index (χ0v) is 11.1. The first-order valence-corrected chi connectivity index (χ1v) is 6.45. The Bertz CT molecular complexity index is 485. The highest BCUT2D eigenvalue weighted by atomic mass is 16.2. The fourth-order valence-electron chi connectivity index (χ4n) is 1.99. The van der Waals surface area contributed by atoms with E-state index in [0.29, 0.717) is 5.56 Å². The molecule has 1 heterocycles. The number of nitrogens with zero attached hydrogens (tertiary/aromatic N) is 1. The molecule has 100 valence electrons. The summed E-state index contributed by atoms with van der Waals surface area (Å²) < 4.78 is 0. The third-order valence-electron chi connectivity index (χ3n) is 3.16. The quantitative estimate of drug-likeness (QED) is 0.657. The van der Waals surface area contributed by atoms with Gasteiger partial charge < -0.3 is 10.2 Å². The van der Waals surface area contributed by atoms with Crippen LogP contribution in [0.5, 0.6) is 0 Å². The second-order valence-electron chi connectivity index (χ2n) is 4.59.